The molecule has 35 heavy (non-hydrogen) atoms. The van der Waals surface area contributed by atoms with Crippen LogP contribution in [0.5, 0.6) is 0 Å². The lowest BCUT2D eigenvalue weighted by Gasteiger charge is -2.23. The molecule has 0 saturated heterocycles. The van der Waals surface area contributed by atoms with E-state index in [0.29, 0.717) is 29.2 Å². The van der Waals surface area contributed by atoms with Gasteiger partial charge in [0.25, 0.3) is 0 Å². The Hall–Kier alpha value is -3.48. The summed E-state index contributed by atoms with van der Waals surface area (Å²) in [6.45, 7) is 6.50. The van der Waals surface area contributed by atoms with Crippen molar-refractivity contribution in [3.05, 3.63) is 47.5 Å². The van der Waals surface area contributed by atoms with E-state index in [2.05, 4.69) is 70.3 Å². The van der Waals surface area contributed by atoms with Crippen LogP contribution >= 0.6 is 0 Å². The number of nitrogens with zero attached hydrogens (tertiary/aromatic N) is 4. The molecule has 2 fully saturated rings. The van der Waals surface area contributed by atoms with Crippen LogP contribution in [0.15, 0.2) is 30.6 Å². The number of anilines is 1. The molecule has 4 N–H and O–H groups in total. The van der Waals surface area contributed by atoms with Gasteiger partial charge in [-0.1, -0.05) is 38.8 Å². The lowest BCUT2D eigenvalue weighted by atomic mass is 9.87. The summed E-state index contributed by atoms with van der Waals surface area (Å²) in [5, 5.41) is 27.3. The van der Waals surface area contributed by atoms with Gasteiger partial charge in [-0.25, -0.2) is 15.0 Å². The second-order valence-electron chi connectivity index (χ2n) is 10.4. The summed E-state index contributed by atoms with van der Waals surface area (Å²) in [6.07, 6.45) is -0.194. The minimum absolute atomic E-state index is 0.0650. The molecule has 0 spiro atoms. The van der Waals surface area contributed by atoms with Crippen LogP contribution in [0.3, 0.4) is 0 Å². The maximum absolute atomic E-state index is 12.5. The molecule has 2 aliphatic rings. The molecule has 2 aliphatic carbocycles. The molecule has 2 unspecified atom stereocenters. The van der Waals surface area contributed by atoms with Gasteiger partial charge in [-0.2, -0.15) is 0 Å². The number of benzene rings is 1. The minimum Gasteiger partial charge on any atom is -0.389 e. The molecule has 0 radical (unpaired) electrons. The van der Waals surface area contributed by atoms with Crippen molar-refractivity contribution in [2.24, 2.45) is 11.3 Å². The molecule has 0 bridgehead atoms. The first-order valence-corrected chi connectivity index (χ1v) is 11.7. The van der Waals surface area contributed by atoms with Crippen molar-refractivity contribution >= 4 is 22.9 Å². The molecule has 0 aliphatic heterocycles. The van der Waals surface area contributed by atoms with E-state index >= 15 is 0 Å². The van der Waals surface area contributed by atoms with Crippen molar-refractivity contribution in [3.63, 3.8) is 0 Å². The summed E-state index contributed by atoms with van der Waals surface area (Å²) < 4.78 is 1.75. The highest BCUT2D eigenvalue weighted by Crippen LogP contribution is 2.67. The Labute approximate surface area is 204 Å². The van der Waals surface area contributed by atoms with Crippen molar-refractivity contribution in [1.29, 1.82) is 0 Å². The maximum atomic E-state index is 12.5. The van der Waals surface area contributed by atoms with E-state index in [0.717, 1.165) is 5.56 Å². The molecule has 9 heteroatoms. The number of amides is 1. The number of aliphatic hydroxyl groups excluding tert-OH is 2. The van der Waals surface area contributed by atoms with E-state index in [1.165, 1.54) is 5.56 Å². The molecule has 2 aromatic heterocycles. The van der Waals surface area contributed by atoms with Crippen molar-refractivity contribution in [2.75, 3.05) is 19.4 Å². The van der Waals surface area contributed by atoms with Crippen molar-refractivity contribution in [2.45, 2.75) is 50.9 Å². The summed E-state index contributed by atoms with van der Waals surface area (Å²) in [5.41, 5.74) is 2.20. The van der Waals surface area contributed by atoms with E-state index in [-0.39, 0.29) is 17.2 Å². The van der Waals surface area contributed by atoms with Gasteiger partial charge in [0, 0.05) is 25.6 Å². The van der Waals surface area contributed by atoms with Gasteiger partial charge in [-0.15, -0.1) is 0 Å². The third-order valence-corrected chi connectivity index (χ3v) is 7.37. The Balaban J connectivity index is 1.52. The molecule has 1 amide bonds. The number of fused-ring (bicyclic) bond motifs is 2. The smallest absolute Gasteiger partial charge is 0.229 e. The number of nitrogens with one attached hydrogen (secondary N) is 2. The minimum atomic E-state index is -1.16. The average molecular weight is 475 g/mol. The summed E-state index contributed by atoms with van der Waals surface area (Å²) in [4.78, 5) is 26.1. The number of aliphatic hydroxyl groups is 2. The zero-order chi connectivity index (χ0) is 25.1. The van der Waals surface area contributed by atoms with Crippen LogP contribution in [-0.4, -0.2) is 61.9 Å². The summed E-state index contributed by atoms with van der Waals surface area (Å²) in [7, 11) is 3.29. The van der Waals surface area contributed by atoms with E-state index < -0.39 is 23.7 Å². The summed E-state index contributed by atoms with van der Waals surface area (Å²) in [5.74, 6) is 6.52. The zero-order valence-corrected chi connectivity index (χ0v) is 20.5. The van der Waals surface area contributed by atoms with Crippen LogP contribution in [0.4, 0.5) is 5.82 Å². The molecular weight excluding hydrogens is 444 g/mol. The third-order valence-electron chi connectivity index (χ3n) is 7.37. The van der Waals surface area contributed by atoms with E-state index in [1.807, 2.05) is 12.1 Å². The summed E-state index contributed by atoms with van der Waals surface area (Å²) >= 11 is 0. The predicted molar refractivity (Wildman–Crippen MR) is 132 cm³/mol. The van der Waals surface area contributed by atoms with Gasteiger partial charge >= 0.3 is 0 Å². The summed E-state index contributed by atoms with van der Waals surface area (Å²) in [6, 6.07) is 7.58. The highest BCUT2D eigenvalue weighted by atomic mass is 16.3. The number of hydrogen-bond acceptors (Lipinski definition) is 7. The van der Waals surface area contributed by atoms with Crippen LogP contribution in [0.25, 0.3) is 11.2 Å². The molecular formula is C26H30N6O3. The molecule has 2 heterocycles. The Morgan fingerprint density at radius 1 is 1.14 bits per heavy atom. The number of aromatic nitrogens is 4. The third kappa shape index (κ3) is 3.56. The highest BCUT2D eigenvalue weighted by molar-refractivity contribution is 5.88. The van der Waals surface area contributed by atoms with Gasteiger partial charge in [-0.05, 0) is 35.5 Å². The monoisotopic (exact) mass is 474 g/mol. The van der Waals surface area contributed by atoms with Crippen molar-refractivity contribution in [1.82, 2.24) is 24.8 Å². The Kier molecular flexibility index (Phi) is 5.34. The van der Waals surface area contributed by atoms with E-state index in [4.69, 9.17) is 0 Å². The molecule has 182 valence electrons. The van der Waals surface area contributed by atoms with Crippen molar-refractivity contribution < 1.29 is 15.0 Å². The van der Waals surface area contributed by atoms with Gasteiger partial charge in [0.15, 0.2) is 17.0 Å². The molecule has 5 atom stereocenters. The highest BCUT2D eigenvalue weighted by Gasteiger charge is 2.75. The topological polar surface area (TPSA) is 125 Å². The van der Waals surface area contributed by atoms with Gasteiger partial charge in [0.1, 0.15) is 6.10 Å². The average Bonchev–Trinajstić information content (AvgIpc) is 3.38. The van der Waals surface area contributed by atoms with Gasteiger partial charge in [-0.3, -0.25) is 4.79 Å². The predicted octanol–water partition coefficient (Wildman–Crippen LogP) is 1.59. The van der Waals surface area contributed by atoms with E-state index in [1.54, 1.807) is 25.0 Å². The lowest BCUT2D eigenvalue weighted by Crippen LogP contribution is -2.41. The second-order valence-corrected chi connectivity index (χ2v) is 10.4. The number of carbonyl (C=O) groups is 1. The first-order valence-electron chi connectivity index (χ1n) is 11.7. The van der Waals surface area contributed by atoms with Crippen LogP contribution in [-0.2, 0) is 10.2 Å². The Morgan fingerprint density at radius 2 is 1.86 bits per heavy atom. The molecule has 1 aromatic carbocycles. The first kappa shape index (κ1) is 23.3. The van der Waals surface area contributed by atoms with Crippen LogP contribution in [0.2, 0.25) is 0 Å². The fraction of sp³-hybridized carbons (Fsp3) is 0.462. The molecule has 5 rings (SSSR count). The normalized spacial score (nSPS) is 27.2. The largest absolute Gasteiger partial charge is 0.389 e. The Morgan fingerprint density at radius 3 is 2.49 bits per heavy atom. The molecule has 2 saturated carbocycles. The Bertz CT molecular complexity index is 1360. The van der Waals surface area contributed by atoms with Crippen LogP contribution in [0.1, 0.15) is 50.2 Å². The number of carbonyl (C=O) groups excluding carboxylic acids is 1. The van der Waals surface area contributed by atoms with Crippen molar-refractivity contribution in [3.8, 4) is 11.8 Å². The fourth-order valence-corrected chi connectivity index (χ4v) is 5.33. The van der Waals surface area contributed by atoms with Crippen LogP contribution < -0.4 is 10.6 Å². The standard InChI is InChI=1S/C26H30N6O3/c1-25(2,3)15-9-6-14(7-10-15)8-11-17-30-22(27-4)18-23(31-17)32(13-29-18)19-16-12-26(16,24(35)28-5)21(34)20(19)33/h6-7,9-10,13,16,19-21,33-34H,12H2,1-5H3,(H,28,35)(H,27,30,31)/t16?,19-,20?,21+,26-/m1/s1. The molecule has 9 nitrogen and oxygen atoms in total. The van der Waals surface area contributed by atoms with Gasteiger partial charge in [0.05, 0.1) is 23.9 Å². The fourth-order valence-electron chi connectivity index (χ4n) is 5.33. The van der Waals surface area contributed by atoms with Gasteiger partial charge < -0.3 is 25.4 Å². The van der Waals surface area contributed by atoms with E-state index in [9.17, 15) is 15.0 Å². The second kappa shape index (κ2) is 8.04. The number of rotatable bonds is 3. The van der Waals surface area contributed by atoms with Crippen LogP contribution in [0, 0.1) is 23.2 Å². The SMILES string of the molecule is CNC(=O)[C@]12CC1[C@@H](n1cnc3c(NC)nc(C#Cc4ccc(C(C)(C)C)cc4)nc31)C(O)[C@@H]2O. The molecule has 3 aromatic rings. The maximum Gasteiger partial charge on any atom is 0.229 e. The van der Waals surface area contributed by atoms with Gasteiger partial charge in [0.2, 0.25) is 11.7 Å². The quantitative estimate of drug-likeness (QED) is 0.425. The lowest BCUT2D eigenvalue weighted by molar-refractivity contribution is -0.132. The number of imidazole rings is 1. The number of hydrogen-bond donors (Lipinski definition) is 4. The zero-order valence-electron chi connectivity index (χ0n) is 20.5. The first-order chi connectivity index (χ1) is 16.6.